The van der Waals surface area contributed by atoms with Crippen molar-refractivity contribution in [2.75, 3.05) is 0 Å². The topological polar surface area (TPSA) is 47.3 Å². The van der Waals surface area contributed by atoms with Crippen molar-refractivity contribution in [2.24, 2.45) is 0 Å². The summed E-state index contributed by atoms with van der Waals surface area (Å²) in [6, 6.07) is 6.85. The maximum Gasteiger partial charge on any atom is 0.234 e. The van der Waals surface area contributed by atoms with Crippen LogP contribution in [0.2, 0.25) is 10.0 Å². The number of imidazole rings is 1. The molecule has 0 atom stereocenters. The number of aromatic nitrogens is 3. The van der Waals surface area contributed by atoms with Crippen LogP contribution in [0.5, 0.6) is 0 Å². The van der Waals surface area contributed by atoms with Gasteiger partial charge in [0.25, 0.3) is 0 Å². The summed E-state index contributed by atoms with van der Waals surface area (Å²) in [5.41, 5.74) is 1.69. The van der Waals surface area contributed by atoms with Gasteiger partial charge in [0.2, 0.25) is 5.78 Å². The number of rotatable bonds is 2. The summed E-state index contributed by atoms with van der Waals surface area (Å²) in [7, 11) is 0. The molecule has 0 N–H and O–H groups in total. The van der Waals surface area contributed by atoms with Gasteiger partial charge in [-0.1, -0.05) is 29.3 Å². The number of nitrogens with zero attached hydrogens (tertiary/aromatic N) is 3. The van der Waals surface area contributed by atoms with Crippen LogP contribution in [0.15, 0.2) is 36.7 Å². The SMILES string of the molecule is O=Cc1c(-c2ccc(Cl)c(Cl)c2)nc2ncccn12. The van der Waals surface area contributed by atoms with Crippen LogP contribution in [-0.4, -0.2) is 20.7 Å². The average Bonchev–Trinajstić information content (AvgIpc) is 2.80. The molecule has 6 heteroatoms. The minimum absolute atomic E-state index is 0.418. The van der Waals surface area contributed by atoms with Crippen LogP contribution in [0.25, 0.3) is 17.0 Å². The van der Waals surface area contributed by atoms with Gasteiger partial charge in [0.15, 0.2) is 6.29 Å². The molecule has 0 fully saturated rings. The van der Waals surface area contributed by atoms with Gasteiger partial charge in [0.05, 0.1) is 10.0 Å². The predicted molar refractivity (Wildman–Crippen MR) is 73.8 cm³/mol. The number of fused-ring (bicyclic) bond motifs is 1. The first kappa shape index (κ1) is 12.1. The van der Waals surface area contributed by atoms with Gasteiger partial charge >= 0.3 is 0 Å². The molecular formula is C13H7Cl2N3O. The molecule has 0 bridgehead atoms. The molecule has 2 aromatic heterocycles. The van der Waals surface area contributed by atoms with E-state index in [1.54, 1.807) is 41.1 Å². The van der Waals surface area contributed by atoms with E-state index < -0.39 is 0 Å². The van der Waals surface area contributed by atoms with Crippen molar-refractivity contribution in [1.82, 2.24) is 14.4 Å². The van der Waals surface area contributed by atoms with E-state index in [4.69, 9.17) is 23.2 Å². The highest BCUT2D eigenvalue weighted by atomic mass is 35.5. The van der Waals surface area contributed by atoms with E-state index in [0.29, 0.717) is 27.2 Å². The van der Waals surface area contributed by atoms with Crippen LogP contribution < -0.4 is 0 Å². The number of carbonyl (C=O) groups is 1. The highest BCUT2D eigenvalue weighted by Crippen LogP contribution is 2.29. The fraction of sp³-hybridized carbons (Fsp3) is 0. The Morgan fingerprint density at radius 1 is 1.21 bits per heavy atom. The lowest BCUT2D eigenvalue weighted by Gasteiger charge is -2.01. The molecule has 0 spiro atoms. The van der Waals surface area contributed by atoms with Gasteiger partial charge < -0.3 is 0 Å². The molecule has 0 saturated carbocycles. The second kappa shape index (κ2) is 4.64. The smallest absolute Gasteiger partial charge is 0.234 e. The Morgan fingerprint density at radius 3 is 2.79 bits per heavy atom. The number of halogens is 2. The van der Waals surface area contributed by atoms with Crippen LogP contribution in [0.4, 0.5) is 0 Å². The quantitative estimate of drug-likeness (QED) is 0.679. The molecule has 0 saturated heterocycles. The molecule has 2 heterocycles. The van der Waals surface area contributed by atoms with Gasteiger partial charge in [0.1, 0.15) is 11.4 Å². The van der Waals surface area contributed by atoms with E-state index in [9.17, 15) is 4.79 Å². The minimum atomic E-state index is 0.418. The van der Waals surface area contributed by atoms with E-state index in [-0.39, 0.29) is 0 Å². The van der Waals surface area contributed by atoms with E-state index >= 15 is 0 Å². The summed E-state index contributed by atoms with van der Waals surface area (Å²) in [6.07, 6.45) is 4.11. The van der Waals surface area contributed by atoms with Gasteiger partial charge in [-0.05, 0) is 18.2 Å². The summed E-state index contributed by atoms with van der Waals surface area (Å²) < 4.78 is 1.63. The van der Waals surface area contributed by atoms with Crippen molar-refractivity contribution < 1.29 is 4.79 Å². The Bertz CT molecular complexity index is 783. The number of hydrogen-bond donors (Lipinski definition) is 0. The molecule has 3 rings (SSSR count). The zero-order chi connectivity index (χ0) is 13.4. The molecule has 19 heavy (non-hydrogen) atoms. The molecule has 0 aliphatic carbocycles. The normalized spacial score (nSPS) is 10.8. The second-order valence-electron chi connectivity index (χ2n) is 3.88. The van der Waals surface area contributed by atoms with E-state index in [2.05, 4.69) is 9.97 Å². The maximum absolute atomic E-state index is 11.3. The van der Waals surface area contributed by atoms with Gasteiger partial charge in [-0.25, -0.2) is 9.97 Å². The van der Waals surface area contributed by atoms with Gasteiger partial charge in [0, 0.05) is 18.0 Å². The minimum Gasteiger partial charge on any atom is -0.296 e. The van der Waals surface area contributed by atoms with Crippen LogP contribution >= 0.6 is 23.2 Å². The Kier molecular flexibility index (Phi) is 2.97. The fourth-order valence-corrected chi connectivity index (χ4v) is 2.17. The Balaban J connectivity index is 2.29. The van der Waals surface area contributed by atoms with Crippen molar-refractivity contribution in [1.29, 1.82) is 0 Å². The van der Waals surface area contributed by atoms with Crippen LogP contribution in [0, 0.1) is 0 Å². The predicted octanol–water partition coefficient (Wildman–Crippen LogP) is 3.52. The van der Waals surface area contributed by atoms with Gasteiger partial charge in [-0.3, -0.25) is 9.20 Å². The third-order valence-electron chi connectivity index (χ3n) is 2.75. The third-order valence-corrected chi connectivity index (χ3v) is 3.48. The standard InChI is InChI=1S/C13H7Cl2N3O/c14-9-3-2-8(6-10(9)15)12-11(7-19)18-5-1-4-16-13(18)17-12/h1-7H. The van der Waals surface area contributed by atoms with Gasteiger partial charge in [-0.15, -0.1) is 0 Å². The number of carbonyl (C=O) groups excluding carboxylic acids is 1. The summed E-state index contributed by atoms with van der Waals surface area (Å²) >= 11 is 11.9. The highest BCUT2D eigenvalue weighted by molar-refractivity contribution is 6.42. The monoisotopic (exact) mass is 291 g/mol. The first-order valence-corrected chi connectivity index (χ1v) is 6.20. The molecule has 0 unspecified atom stereocenters. The van der Waals surface area contributed by atoms with E-state index in [0.717, 1.165) is 11.8 Å². The molecule has 0 aliphatic rings. The number of hydrogen-bond acceptors (Lipinski definition) is 3. The van der Waals surface area contributed by atoms with Crippen LogP contribution in [0.1, 0.15) is 10.5 Å². The van der Waals surface area contributed by atoms with Gasteiger partial charge in [-0.2, -0.15) is 0 Å². The van der Waals surface area contributed by atoms with Crippen LogP contribution in [0.3, 0.4) is 0 Å². The van der Waals surface area contributed by atoms with Crippen LogP contribution in [-0.2, 0) is 0 Å². The van der Waals surface area contributed by atoms with E-state index in [1.165, 1.54) is 0 Å². The van der Waals surface area contributed by atoms with Crippen molar-refractivity contribution in [3.63, 3.8) is 0 Å². The molecule has 0 aliphatic heterocycles. The molecule has 4 nitrogen and oxygen atoms in total. The zero-order valence-corrected chi connectivity index (χ0v) is 11.1. The first-order chi connectivity index (χ1) is 9.20. The fourth-order valence-electron chi connectivity index (χ4n) is 1.87. The molecule has 1 aromatic carbocycles. The average molecular weight is 292 g/mol. The lowest BCUT2D eigenvalue weighted by molar-refractivity contribution is 0.111. The van der Waals surface area contributed by atoms with Crippen molar-refractivity contribution >= 4 is 35.3 Å². The first-order valence-electron chi connectivity index (χ1n) is 5.44. The third kappa shape index (κ3) is 1.99. The Morgan fingerprint density at radius 2 is 2.05 bits per heavy atom. The summed E-state index contributed by atoms with van der Waals surface area (Å²) in [4.78, 5) is 19.7. The maximum atomic E-state index is 11.3. The zero-order valence-electron chi connectivity index (χ0n) is 9.55. The molecule has 0 amide bonds. The molecule has 94 valence electrons. The number of benzene rings is 1. The second-order valence-corrected chi connectivity index (χ2v) is 4.70. The van der Waals surface area contributed by atoms with E-state index in [1.807, 2.05) is 0 Å². The Labute approximate surface area is 118 Å². The molecular weight excluding hydrogens is 285 g/mol. The van der Waals surface area contributed by atoms with Crippen molar-refractivity contribution in [3.05, 3.63) is 52.4 Å². The lowest BCUT2D eigenvalue weighted by Crippen LogP contribution is -1.92. The van der Waals surface area contributed by atoms with Crippen molar-refractivity contribution in [3.8, 4) is 11.3 Å². The summed E-state index contributed by atoms with van der Waals surface area (Å²) in [6.45, 7) is 0. The summed E-state index contributed by atoms with van der Waals surface area (Å²) in [5, 5.41) is 0.876. The highest BCUT2D eigenvalue weighted by Gasteiger charge is 2.14. The molecule has 3 aromatic rings. The lowest BCUT2D eigenvalue weighted by atomic mass is 10.1. The van der Waals surface area contributed by atoms with Crippen molar-refractivity contribution in [2.45, 2.75) is 0 Å². The largest absolute Gasteiger partial charge is 0.296 e. The molecule has 0 radical (unpaired) electrons. The Hall–Kier alpha value is -1.91. The number of aldehydes is 1. The summed E-state index contributed by atoms with van der Waals surface area (Å²) in [5.74, 6) is 0.464.